The molecule has 0 saturated carbocycles. The zero-order valence-electron chi connectivity index (χ0n) is 15.1. The van der Waals surface area contributed by atoms with Gasteiger partial charge in [-0.15, -0.1) is 0 Å². The number of ether oxygens (including phenoxy) is 1. The summed E-state index contributed by atoms with van der Waals surface area (Å²) in [6.07, 6.45) is 1.95. The summed E-state index contributed by atoms with van der Waals surface area (Å²) < 4.78 is 4.81. The fraction of sp³-hybridized carbons (Fsp3) is 0.526. The molecule has 6 heteroatoms. The molecular formula is C19H26N2O4. The van der Waals surface area contributed by atoms with E-state index in [0.717, 1.165) is 30.6 Å². The third kappa shape index (κ3) is 5.05. The van der Waals surface area contributed by atoms with Gasteiger partial charge in [0, 0.05) is 30.3 Å². The fourth-order valence-electron chi connectivity index (χ4n) is 2.89. The summed E-state index contributed by atoms with van der Waals surface area (Å²) in [6, 6.07) is 5.60. The van der Waals surface area contributed by atoms with Gasteiger partial charge in [0.25, 0.3) is 0 Å². The van der Waals surface area contributed by atoms with Gasteiger partial charge in [0.1, 0.15) is 0 Å². The van der Waals surface area contributed by atoms with E-state index in [1.54, 1.807) is 13.0 Å². The van der Waals surface area contributed by atoms with Gasteiger partial charge in [-0.2, -0.15) is 0 Å². The normalized spacial score (nSPS) is 13.4. The second-order valence-corrected chi connectivity index (χ2v) is 6.44. The van der Waals surface area contributed by atoms with E-state index in [1.807, 2.05) is 30.9 Å². The average molecular weight is 346 g/mol. The number of esters is 1. The Morgan fingerprint density at radius 2 is 2.00 bits per heavy atom. The molecule has 136 valence electrons. The van der Waals surface area contributed by atoms with Crippen LogP contribution >= 0.6 is 0 Å². The van der Waals surface area contributed by atoms with Gasteiger partial charge in [0.15, 0.2) is 0 Å². The maximum absolute atomic E-state index is 12.3. The van der Waals surface area contributed by atoms with Crippen LogP contribution in [-0.2, 0) is 25.5 Å². The molecule has 2 amide bonds. The summed E-state index contributed by atoms with van der Waals surface area (Å²) in [6.45, 7) is 6.58. The lowest BCUT2D eigenvalue weighted by Gasteiger charge is -2.31. The van der Waals surface area contributed by atoms with Crippen LogP contribution in [0.1, 0.15) is 45.6 Å². The van der Waals surface area contributed by atoms with Crippen molar-refractivity contribution in [3.63, 3.8) is 0 Å². The molecule has 1 aromatic rings. The maximum Gasteiger partial charge on any atom is 0.306 e. The standard InChI is InChI=1S/C19H26N2O4/c1-4-25-18(23)10-9-17(22)20-15-7-8-16-14(12-15)6-5-11-21(16)19(24)13(2)3/h7-8,12-13H,4-6,9-11H2,1-3H3,(H,20,22). The molecule has 0 atom stereocenters. The van der Waals surface area contributed by atoms with E-state index in [1.165, 1.54) is 0 Å². The van der Waals surface area contributed by atoms with Gasteiger partial charge in [0.2, 0.25) is 11.8 Å². The summed E-state index contributed by atoms with van der Waals surface area (Å²) in [5, 5.41) is 2.81. The number of amides is 2. The highest BCUT2D eigenvalue weighted by Crippen LogP contribution is 2.30. The number of benzene rings is 1. The van der Waals surface area contributed by atoms with Crippen LogP contribution in [0.3, 0.4) is 0 Å². The molecule has 0 fully saturated rings. The Bertz CT molecular complexity index is 655. The van der Waals surface area contributed by atoms with E-state index >= 15 is 0 Å². The molecule has 25 heavy (non-hydrogen) atoms. The Labute approximate surface area is 148 Å². The molecule has 0 unspecified atom stereocenters. The lowest BCUT2D eigenvalue weighted by molar-refractivity contribution is -0.144. The summed E-state index contributed by atoms with van der Waals surface area (Å²) in [5.41, 5.74) is 2.67. The van der Waals surface area contributed by atoms with Gasteiger partial charge in [-0.1, -0.05) is 13.8 Å². The van der Waals surface area contributed by atoms with E-state index in [2.05, 4.69) is 5.32 Å². The van der Waals surface area contributed by atoms with E-state index in [9.17, 15) is 14.4 Å². The molecule has 1 aliphatic rings. The van der Waals surface area contributed by atoms with Crippen molar-refractivity contribution in [2.24, 2.45) is 5.92 Å². The number of hydrogen-bond donors (Lipinski definition) is 1. The second kappa shape index (κ2) is 8.65. The molecule has 0 aliphatic carbocycles. The molecule has 1 heterocycles. The SMILES string of the molecule is CCOC(=O)CCC(=O)Nc1ccc2c(c1)CCCN2C(=O)C(C)C. The summed E-state index contributed by atoms with van der Waals surface area (Å²) in [5.74, 6) is -0.523. The molecule has 0 radical (unpaired) electrons. The van der Waals surface area contributed by atoms with Crippen LogP contribution in [-0.4, -0.2) is 30.9 Å². The molecule has 0 saturated heterocycles. The number of anilines is 2. The zero-order valence-corrected chi connectivity index (χ0v) is 15.1. The first kappa shape index (κ1) is 19.0. The lowest BCUT2D eigenvalue weighted by Crippen LogP contribution is -2.38. The number of hydrogen-bond acceptors (Lipinski definition) is 4. The molecule has 0 aromatic heterocycles. The lowest BCUT2D eigenvalue weighted by atomic mass is 9.99. The Morgan fingerprint density at radius 3 is 2.68 bits per heavy atom. The molecule has 1 N–H and O–H groups in total. The van der Waals surface area contributed by atoms with E-state index in [-0.39, 0.29) is 36.5 Å². The highest BCUT2D eigenvalue weighted by atomic mass is 16.5. The molecule has 2 rings (SSSR count). The number of carbonyl (C=O) groups excluding carboxylic acids is 3. The number of nitrogens with one attached hydrogen (secondary N) is 1. The summed E-state index contributed by atoms with van der Waals surface area (Å²) in [4.78, 5) is 37.4. The van der Waals surface area contributed by atoms with Crippen molar-refractivity contribution in [2.75, 3.05) is 23.4 Å². The first-order valence-corrected chi connectivity index (χ1v) is 8.82. The maximum atomic E-state index is 12.3. The Hall–Kier alpha value is -2.37. The topological polar surface area (TPSA) is 75.7 Å². The van der Waals surface area contributed by atoms with Crippen LogP contribution in [0.4, 0.5) is 11.4 Å². The van der Waals surface area contributed by atoms with Crippen molar-refractivity contribution in [3.8, 4) is 0 Å². The zero-order chi connectivity index (χ0) is 18.4. The third-order valence-corrected chi connectivity index (χ3v) is 4.10. The molecule has 0 bridgehead atoms. The van der Waals surface area contributed by atoms with Gasteiger partial charge in [-0.3, -0.25) is 14.4 Å². The van der Waals surface area contributed by atoms with Crippen molar-refractivity contribution in [2.45, 2.75) is 46.5 Å². The van der Waals surface area contributed by atoms with Crippen molar-refractivity contribution < 1.29 is 19.1 Å². The minimum absolute atomic E-state index is 0.0480. The van der Waals surface area contributed by atoms with Crippen LogP contribution in [0.5, 0.6) is 0 Å². The largest absolute Gasteiger partial charge is 0.466 e. The first-order chi connectivity index (χ1) is 11.9. The van der Waals surface area contributed by atoms with Crippen LogP contribution in [0, 0.1) is 5.92 Å². The van der Waals surface area contributed by atoms with Gasteiger partial charge in [-0.05, 0) is 43.5 Å². The highest BCUT2D eigenvalue weighted by Gasteiger charge is 2.24. The van der Waals surface area contributed by atoms with Gasteiger partial charge < -0.3 is 15.0 Å². The first-order valence-electron chi connectivity index (χ1n) is 8.82. The smallest absolute Gasteiger partial charge is 0.306 e. The predicted molar refractivity (Wildman–Crippen MR) is 96.5 cm³/mol. The van der Waals surface area contributed by atoms with Crippen LogP contribution in [0.25, 0.3) is 0 Å². The number of fused-ring (bicyclic) bond motifs is 1. The molecular weight excluding hydrogens is 320 g/mol. The van der Waals surface area contributed by atoms with Crippen molar-refractivity contribution >= 4 is 29.2 Å². The molecule has 6 nitrogen and oxygen atoms in total. The van der Waals surface area contributed by atoms with Crippen LogP contribution in [0.2, 0.25) is 0 Å². The van der Waals surface area contributed by atoms with Crippen molar-refractivity contribution in [1.82, 2.24) is 0 Å². The number of nitrogens with zero attached hydrogens (tertiary/aromatic N) is 1. The van der Waals surface area contributed by atoms with Crippen LogP contribution < -0.4 is 10.2 Å². The number of rotatable bonds is 6. The van der Waals surface area contributed by atoms with E-state index in [0.29, 0.717) is 12.3 Å². The Kier molecular flexibility index (Phi) is 6.56. The van der Waals surface area contributed by atoms with Crippen molar-refractivity contribution in [3.05, 3.63) is 23.8 Å². The number of aryl methyl sites for hydroxylation is 1. The molecule has 0 spiro atoms. The predicted octanol–water partition coefficient (Wildman–Crippen LogP) is 2.90. The van der Waals surface area contributed by atoms with E-state index < -0.39 is 0 Å². The van der Waals surface area contributed by atoms with Gasteiger partial charge in [-0.25, -0.2) is 0 Å². The average Bonchev–Trinajstić information content (AvgIpc) is 2.58. The highest BCUT2D eigenvalue weighted by molar-refractivity contribution is 5.97. The minimum atomic E-state index is -0.370. The van der Waals surface area contributed by atoms with Gasteiger partial charge in [0.05, 0.1) is 13.0 Å². The monoisotopic (exact) mass is 346 g/mol. The summed E-state index contributed by atoms with van der Waals surface area (Å²) >= 11 is 0. The fourth-order valence-corrected chi connectivity index (χ4v) is 2.89. The quantitative estimate of drug-likeness (QED) is 0.804. The second-order valence-electron chi connectivity index (χ2n) is 6.44. The number of carbonyl (C=O) groups is 3. The third-order valence-electron chi connectivity index (χ3n) is 4.10. The van der Waals surface area contributed by atoms with Crippen LogP contribution in [0.15, 0.2) is 18.2 Å². The molecule has 1 aliphatic heterocycles. The summed E-state index contributed by atoms with van der Waals surface area (Å²) in [7, 11) is 0. The Balaban J connectivity index is 2.02. The van der Waals surface area contributed by atoms with Crippen molar-refractivity contribution in [1.29, 1.82) is 0 Å². The molecule has 1 aromatic carbocycles. The van der Waals surface area contributed by atoms with E-state index in [4.69, 9.17) is 4.74 Å². The minimum Gasteiger partial charge on any atom is -0.466 e. The van der Waals surface area contributed by atoms with Gasteiger partial charge >= 0.3 is 5.97 Å². The Morgan fingerprint density at radius 1 is 1.24 bits per heavy atom.